The maximum Gasteiger partial charge on any atom is 0.241 e. The summed E-state index contributed by atoms with van der Waals surface area (Å²) in [6.45, 7) is 5.89. The number of hydrogen-bond acceptors (Lipinski definition) is 3. The van der Waals surface area contributed by atoms with Gasteiger partial charge in [0.2, 0.25) is 15.9 Å². The molecule has 5 nitrogen and oxygen atoms in total. The summed E-state index contributed by atoms with van der Waals surface area (Å²) >= 11 is 0. The number of carbonyl (C=O) groups excluding carboxylic acids is 1. The van der Waals surface area contributed by atoms with Crippen LogP contribution in [0.1, 0.15) is 64.4 Å². The van der Waals surface area contributed by atoms with Gasteiger partial charge >= 0.3 is 0 Å². The van der Waals surface area contributed by atoms with Crippen LogP contribution in [0.3, 0.4) is 0 Å². The quantitative estimate of drug-likeness (QED) is 0.711. The zero-order valence-corrected chi connectivity index (χ0v) is 16.9. The molecule has 1 fully saturated rings. The lowest BCUT2D eigenvalue weighted by Crippen LogP contribution is -2.50. The molecule has 1 amide bonds. The molecule has 1 saturated carbocycles. The maximum atomic E-state index is 12.8. The largest absolute Gasteiger partial charge is 0.352 e. The predicted molar refractivity (Wildman–Crippen MR) is 104 cm³/mol. The molecular formula is C20H32N2O3S. The number of carbonyl (C=O) groups is 1. The standard InChI is InChI=1S/C20H32N2O3S/c1-15(2)14-19(20(23)21-17-8-6-4-5-7-9-17)22-26(24,25)18-12-10-16(3)11-13-18/h10-13,15,17,19,22H,4-9,14H2,1-3H3,(H,21,23)/t19-/m0/s1. The molecular weight excluding hydrogens is 348 g/mol. The third kappa shape index (κ3) is 6.40. The number of rotatable bonds is 7. The molecule has 1 aliphatic carbocycles. The first-order chi connectivity index (χ1) is 12.3. The average molecular weight is 381 g/mol. The number of amides is 1. The van der Waals surface area contributed by atoms with Crippen molar-refractivity contribution in [2.45, 2.75) is 82.7 Å². The van der Waals surface area contributed by atoms with Gasteiger partial charge in [0, 0.05) is 6.04 Å². The van der Waals surface area contributed by atoms with E-state index in [1.165, 1.54) is 12.8 Å². The van der Waals surface area contributed by atoms with E-state index in [-0.39, 0.29) is 22.8 Å². The Hall–Kier alpha value is -1.40. The molecule has 6 heteroatoms. The van der Waals surface area contributed by atoms with Gasteiger partial charge in [0.15, 0.2) is 0 Å². The predicted octanol–water partition coefficient (Wildman–Crippen LogP) is 3.53. The molecule has 0 aliphatic heterocycles. The summed E-state index contributed by atoms with van der Waals surface area (Å²) in [5, 5.41) is 3.08. The molecule has 0 heterocycles. The topological polar surface area (TPSA) is 75.3 Å². The summed E-state index contributed by atoms with van der Waals surface area (Å²) in [7, 11) is -3.73. The van der Waals surface area contributed by atoms with Crippen LogP contribution in [0.2, 0.25) is 0 Å². The third-order valence-electron chi connectivity index (χ3n) is 4.85. The lowest BCUT2D eigenvalue weighted by molar-refractivity contribution is -0.123. The van der Waals surface area contributed by atoms with Gasteiger partial charge in [-0.3, -0.25) is 4.79 Å². The molecule has 0 aromatic heterocycles. The van der Waals surface area contributed by atoms with Crippen molar-refractivity contribution in [3.8, 4) is 0 Å². The highest BCUT2D eigenvalue weighted by Gasteiger charge is 2.28. The molecule has 0 unspecified atom stereocenters. The van der Waals surface area contributed by atoms with E-state index in [1.54, 1.807) is 24.3 Å². The van der Waals surface area contributed by atoms with Crippen LogP contribution in [-0.4, -0.2) is 26.4 Å². The number of benzene rings is 1. The number of aryl methyl sites for hydroxylation is 1. The summed E-state index contributed by atoms with van der Waals surface area (Å²) in [6, 6.07) is 6.09. The van der Waals surface area contributed by atoms with Crippen molar-refractivity contribution in [2.24, 2.45) is 5.92 Å². The highest BCUT2D eigenvalue weighted by atomic mass is 32.2. The van der Waals surface area contributed by atoms with E-state index in [1.807, 2.05) is 20.8 Å². The van der Waals surface area contributed by atoms with E-state index in [9.17, 15) is 13.2 Å². The number of nitrogens with one attached hydrogen (secondary N) is 2. The molecule has 0 spiro atoms. The van der Waals surface area contributed by atoms with Gasteiger partial charge in [-0.25, -0.2) is 8.42 Å². The van der Waals surface area contributed by atoms with Crippen molar-refractivity contribution >= 4 is 15.9 Å². The molecule has 2 N–H and O–H groups in total. The Morgan fingerprint density at radius 3 is 2.19 bits per heavy atom. The van der Waals surface area contributed by atoms with E-state index in [4.69, 9.17) is 0 Å². The van der Waals surface area contributed by atoms with Crippen LogP contribution in [0, 0.1) is 12.8 Å². The van der Waals surface area contributed by atoms with Crippen LogP contribution < -0.4 is 10.0 Å². The molecule has 1 atom stereocenters. The van der Waals surface area contributed by atoms with Gasteiger partial charge in [-0.15, -0.1) is 0 Å². The molecule has 26 heavy (non-hydrogen) atoms. The van der Waals surface area contributed by atoms with E-state index in [2.05, 4.69) is 10.0 Å². The van der Waals surface area contributed by atoms with E-state index in [0.717, 1.165) is 31.2 Å². The summed E-state index contributed by atoms with van der Waals surface area (Å²) in [6.07, 6.45) is 7.09. The van der Waals surface area contributed by atoms with Crippen LogP contribution in [0.5, 0.6) is 0 Å². The summed E-state index contributed by atoms with van der Waals surface area (Å²) in [5.41, 5.74) is 0.994. The van der Waals surface area contributed by atoms with Crippen molar-refractivity contribution in [3.05, 3.63) is 29.8 Å². The summed E-state index contributed by atoms with van der Waals surface area (Å²) in [4.78, 5) is 13.0. The molecule has 2 rings (SSSR count). The lowest BCUT2D eigenvalue weighted by Gasteiger charge is -2.24. The van der Waals surface area contributed by atoms with Crippen LogP contribution >= 0.6 is 0 Å². The van der Waals surface area contributed by atoms with Crippen molar-refractivity contribution < 1.29 is 13.2 Å². The van der Waals surface area contributed by atoms with Crippen LogP contribution in [0.4, 0.5) is 0 Å². The zero-order chi connectivity index (χ0) is 19.2. The first-order valence-corrected chi connectivity index (χ1v) is 11.2. The van der Waals surface area contributed by atoms with Crippen molar-refractivity contribution in [2.75, 3.05) is 0 Å². The number of sulfonamides is 1. The fourth-order valence-corrected chi connectivity index (χ4v) is 4.59. The monoisotopic (exact) mass is 380 g/mol. The van der Waals surface area contributed by atoms with E-state index < -0.39 is 16.1 Å². The first-order valence-electron chi connectivity index (χ1n) is 9.67. The zero-order valence-electron chi connectivity index (χ0n) is 16.1. The number of hydrogen-bond donors (Lipinski definition) is 2. The van der Waals surface area contributed by atoms with Crippen LogP contribution in [0.15, 0.2) is 29.2 Å². The Kier molecular flexibility index (Phi) is 7.65. The second kappa shape index (κ2) is 9.51. The normalized spacial score (nSPS) is 17.7. The second-order valence-corrected chi connectivity index (χ2v) is 9.53. The van der Waals surface area contributed by atoms with Crippen molar-refractivity contribution in [1.82, 2.24) is 10.0 Å². The SMILES string of the molecule is Cc1ccc(S(=O)(=O)N[C@@H](CC(C)C)C(=O)NC2CCCCCC2)cc1. The lowest BCUT2D eigenvalue weighted by atomic mass is 10.0. The third-order valence-corrected chi connectivity index (χ3v) is 6.34. The van der Waals surface area contributed by atoms with Gasteiger partial charge in [-0.05, 0) is 44.2 Å². The van der Waals surface area contributed by atoms with Gasteiger partial charge < -0.3 is 5.32 Å². The minimum atomic E-state index is -3.73. The maximum absolute atomic E-state index is 12.8. The van der Waals surface area contributed by atoms with Gasteiger partial charge in [-0.2, -0.15) is 4.72 Å². The van der Waals surface area contributed by atoms with Gasteiger partial charge in [0.05, 0.1) is 4.90 Å². The van der Waals surface area contributed by atoms with Gasteiger partial charge in [0.1, 0.15) is 6.04 Å². The molecule has 146 valence electrons. The minimum absolute atomic E-state index is 0.156. The average Bonchev–Trinajstić information content (AvgIpc) is 2.82. The molecule has 1 aromatic rings. The smallest absolute Gasteiger partial charge is 0.241 e. The molecule has 1 aromatic carbocycles. The molecule has 0 radical (unpaired) electrons. The fourth-order valence-electron chi connectivity index (χ4n) is 3.38. The first kappa shape index (κ1) is 20.9. The van der Waals surface area contributed by atoms with Gasteiger partial charge in [0.25, 0.3) is 0 Å². The fraction of sp³-hybridized carbons (Fsp3) is 0.650. The highest BCUT2D eigenvalue weighted by Crippen LogP contribution is 2.18. The van der Waals surface area contributed by atoms with Crippen LogP contribution in [-0.2, 0) is 14.8 Å². The second-order valence-electron chi connectivity index (χ2n) is 7.81. The Labute approximate surface area is 158 Å². The Morgan fingerprint density at radius 1 is 1.08 bits per heavy atom. The Balaban J connectivity index is 2.10. The Morgan fingerprint density at radius 2 is 1.65 bits per heavy atom. The highest BCUT2D eigenvalue weighted by molar-refractivity contribution is 7.89. The summed E-state index contributed by atoms with van der Waals surface area (Å²) < 4.78 is 28.0. The van der Waals surface area contributed by atoms with E-state index >= 15 is 0 Å². The molecule has 0 saturated heterocycles. The van der Waals surface area contributed by atoms with Gasteiger partial charge in [-0.1, -0.05) is 57.2 Å². The summed E-state index contributed by atoms with van der Waals surface area (Å²) in [5.74, 6) is 0.00175. The molecule has 0 bridgehead atoms. The Bertz CT molecular complexity index is 676. The van der Waals surface area contributed by atoms with Crippen LogP contribution in [0.25, 0.3) is 0 Å². The minimum Gasteiger partial charge on any atom is -0.352 e. The molecule has 1 aliphatic rings. The van der Waals surface area contributed by atoms with E-state index in [0.29, 0.717) is 6.42 Å². The van der Waals surface area contributed by atoms with Crippen molar-refractivity contribution in [1.29, 1.82) is 0 Å². The van der Waals surface area contributed by atoms with Crippen molar-refractivity contribution in [3.63, 3.8) is 0 Å².